The van der Waals surface area contributed by atoms with Gasteiger partial charge in [0.25, 0.3) is 0 Å². The molecule has 2 N–H and O–H groups in total. The first-order valence-corrected chi connectivity index (χ1v) is 6.43. The SMILES string of the molecule is O=C(O)Cn1cnc2c(Cl)nc(Nc3ccccc3)nc21. The van der Waals surface area contributed by atoms with Crippen LogP contribution in [0.15, 0.2) is 36.7 Å². The van der Waals surface area contributed by atoms with Crippen LogP contribution in [-0.2, 0) is 11.3 Å². The molecule has 3 rings (SSSR count). The Balaban J connectivity index is 2.02. The van der Waals surface area contributed by atoms with Crippen molar-refractivity contribution in [1.82, 2.24) is 19.5 Å². The van der Waals surface area contributed by atoms with Gasteiger partial charge in [-0.1, -0.05) is 29.8 Å². The Morgan fingerprint density at radius 3 is 2.76 bits per heavy atom. The monoisotopic (exact) mass is 303 g/mol. The summed E-state index contributed by atoms with van der Waals surface area (Å²) in [4.78, 5) is 23.2. The van der Waals surface area contributed by atoms with Gasteiger partial charge in [0.1, 0.15) is 12.1 Å². The second-order valence-electron chi connectivity index (χ2n) is 4.27. The van der Waals surface area contributed by atoms with Crippen molar-refractivity contribution in [1.29, 1.82) is 0 Å². The first kappa shape index (κ1) is 13.3. The van der Waals surface area contributed by atoms with Crippen LogP contribution in [0.2, 0.25) is 5.15 Å². The van der Waals surface area contributed by atoms with Crippen LogP contribution in [-0.4, -0.2) is 30.6 Å². The zero-order valence-electron chi connectivity index (χ0n) is 10.7. The molecule has 0 amide bonds. The number of para-hydroxylation sites is 1. The number of halogens is 1. The van der Waals surface area contributed by atoms with Crippen molar-refractivity contribution in [3.8, 4) is 0 Å². The molecule has 21 heavy (non-hydrogen) atoms. The molecule has 2 heterocycles. The molecule has 0 aliphatic rings. The number of anilines is 2. The summed E-state index contributed by atoms with van der Waals surface area (Å²) in [6.45, 7) is -0.241. The lowest BCUT2D eigenvalue weighted by molar-refractivity contribution is -0.137. The Morgan fingerprint density at radius 2 is 2.05 bits per heavy atom. The van der Waals surface area contributed by atoms with Crippen LogP contribution in [0, 0.1) is 0 Å². The fraction of sp³-hybridized carbons (Fsp3) is 0.0769. The first-order chi connectivity index (χ1) is 10.1. The van der Waals surface area contributed by atoms with Gasteiger partial charge in [-0.25, -0.2) is 4.98 Å². The van der Waals surface area contributed by atoms with E-state index in [9.17, 15) is 4.79 Å². The number of imidazole rings is 1. The normalized spacial score (nSPS) is 10.7. The van der Waals surface area contributed by atoms with Crippen molar-refractivity contribution in [2.75, 3.05) is 5.32 Å². The highest BCUT2D eigenvalue weighted by Gasteiger charge is 2.13. The lowest BCUT2D eigenvalue weighted by Gasteiger charge is -2.06. The third-order valence-corrected chi connectivity index (χ3v) is 3.02. The van der Waals surface area contributed by atoms with Gasteiger partial charge in [0.05, 0.1) is 6.33 Å². The van der Waals surface area contributed by atoms with E-state index in [0.29, 0.717) is 11.2 Å². The van der Waals surface area contributed by atoms with Crippen molar-refractivity contribution >= 4 is 40.4 Å². The molecule has 0 unspecified atom stereocenters. The summed E-state index contributed by atoms with van der Waals surface area (Å²) in [6.07, 6.45) is 1.38. The number of nitrogens with zero attached hydrogens (tertiary/aromatic N) is 4. The van der Waals surface area contributed by atoms with Gasteiger partial charge in [-0.3, -0.25) is 4.79 Å². The molecule has 1 aromatic carbocycles. The van der Waals surface area contributed by atoms with Gasteiger partial charge < -0.3 is 15.0 Å². The van der Waals surface area contributed by atoms with Crippen molar-refractivity contribution in [3.05, 3.63) is 41.8 Å². The van der Waals surface area contributed by atoms with E-state index in [0.717, 1.165) is 5.69 Å². The van der Waals surface area contributed by atoms with Crippen LogP contribution >= 0.6 is 11.6 Å². The van der Waals surface area contributed by atoms with Gasteiger partial charge >= 0.3 is 5.97 Å². The van der Waals surface area contributed by atoms with Crippen molar-refractivity contribution in [2.24, 2.45) is 0 Å². The van der Waals surface area contributed by atoms with E-state index in [2.05, 4.69) is 20.3 Å². The van der Waals surface area contributed by atoms with E-state index in [1.165, 1.54) is 10.9 Å². The van der Waals surface area contributed by atoms with E-state index in [-0.39, 0.29) is 17.6 Å². The molecule has 0 spiro atoms. The zero-order chi connectivity index (χ0) is 14.8. The highest BCUT2D eigenvalue weighted by atomic mass is 35.5. The van der Waals surface area contributed by atoms with Gasteiger partial charge in [-0.05, 0) is 12.1 Å². The van der Waals surface area contributed by atoms with Gasteiger partial charge in [0.15, 0.2) is 10.8 Å². The maximum Gasteiger partial charge on any atom is 0.323 e. The third kappa shape index (κ3) is 2.77. The van der Waals surface area contributed by atoms with Crippen molar-refractivity contribution in [2.45, 2.75) is 6.54 Å². The smallest absolute Gasteiger partial charge is 0.323 e. The molecular formula is C13H10ClN5O2. The highest BCUT2D eigenvalue weighted by molar-refractivity contribution is 6.33. The van der Waals surface area contributed by atoms with E-state index in [4.69, 9.17) is 16.7 Å². The van der Waals surface area contributed by atoms with E-state index < -0.39 is 5.97 Å². The Labute approximate surface area is 124 Å². The fourth-order valence-corrected chi connectivity index (χ4v) is 2.09. The van der Waals surface area contributed by atoms with Crippen LogP contribution in [0.1, 0.15) is 0 Å². The van der Waals surface area contributed by atoms with Crippen LogP contribution in [0.3, 0.4) is 0 Å². The third-order valence-electron chi connectivity index (χ3n) is 2.76. The summed E-state index contributed by atoms with van der Waals surface area (Å²) in [6, 6.07) is 9.35. The topological polar surface area (TPSA) is 92.9 Å². The number of carboxylic acids is 1. The average Bonchev–Trinajstić information content (AvgIpc) is 2.83. The number of carbonyl (C=O) groups is 1. The minimum Gasteiger partial charge on any atom is -0.480 e. The van der Waals surface area contributed by atoms with Crippen LogP contribution < -0.4 is 5.32 Å². The number of nitrogens with one attached hydrogen (secondary N) is 1. The summed E-state index contributed by atoms with van der Waals surface area (Å²) < 4.78 is 1.40. The minimum atomic E-state index is -0.985. The number of fused-ring (bicyclic) bond motifs is 1. The van der Waals surface area contributed by atoms with E-state index in [1.54, 1.807) is 0 Å². The Bertz CT molecular complexity index is 803. The van der Waals surface area contributed by atoms with Crippen LogP contribution in [0.5, 0.6) is 0 Å². The second kappa shape index (κ2) is 5.37. The van der Waals surface area contributed by atoms with Gasteiger partial charge in [0, 0.05) is 5.69 Å². The Hall–Kier alpha value is -2.67. The fourth-order valence-electron chi connectivity index (χ4n) is 1.88. The largest absolute Gasteiger partial charge is 0.480 e. The number of hydrogen-bond donors (Lipinski definition) is 2. The molecule has 0 aliphatic heterocycles. The predicted molar refractivity (Wildman–Crippen MR) is 77.7 cm³/mol. The molecule has 0 saturated heterocycles. The van der Waals surface area contributed by atoms with Crippen LogP contribution in [0.25, 0.3) is 11.2 Å². The predicted octanol–water partition coefficient (Wildman–Crippen LogP) is 2.31. The summed E-state index contributed by atoms with van der Waals surface area (Å²) >= 11 is 6.06. The number of aromatic nitrogens is 4. The summed E-state index contributed by atoms with van der Waals surface area (Å²) in [7, 11) is 0. The molecule has 0 fully saturated rings. The zero-order valence-corrected chi connectivity index (χ0v) is 11.4. The highest BCUT2D eigenvalue weighted by Crippen LogP contribution is 2.22. The number of aliphatic carboxylic acids is 1. The Kier molecular flexibility index (Phi) is 3.41. The van der Waals surface area contributed by atoms with Gasteiger partial charge in [-0.15, -0.1) is 0 Å². The molecule has 7 nitrogen and oxygen atoms in total. The summed E-state index contributed by atoms with van der Waals surface area (Å²) in [5, 5.41) is 12.1. The molecule has 0 atom stereocenters. The number of carboxylic acid groups (broad SMARTS) is 1. The quantitative estimate of drug-likeness (QED) is 0.718. The minimum absolute atomic E-state index is 0.169. The molecule has 0 radical (unpaired) electrons. The van der Waals surface area contributed by atoms with Crippen molar-refractivity contribution in [3.63, 3.8) is 0 Å². The van der Waals surface area contributed by atoms with E-state index >= 15 is 0 Å². The lowest BCUT2D eigenvalue weighted by Crippen LogP contribution is -2.09. The summed E-state index contributed by atoms with van der Waals surface area (Å²) in [5.41, 5.74) is 1.55. The van der Waals surface area contributed by atoms with E-state index in [1.807, 2.05) is 30.3 Å². The second-order valence-corrected chi connectivity index (χ2v) is 4.63. The Morgan fingerprint density at radius 1 is 1.29 bits per heavy atom. The summed E-state index contributed by atoms with van der Waals surface area (Å²) in [5.74, 6) is -0.701. The molecular weight excluding hydrogens is 294 g/mol. The number of hydrogen-bond acceptors (Lipinski definition) is 5. The number of rotatable bonds is 4. The number of benzene rings is 1. The maximum absolute atomic E-state index is 10.8. The standard InChI is InChI=1S/C13H10ClN5O2/c14-11-10-12(19(7-15-10)6-9(20)21)18-13(17-11)16-8-4-2-1-3-5-8/h1-5,7H,6H2,(H,20,21)(H,16,17,18). The maximum atomic E-state index is 10.8. The molecule has 0 bridgehead atoms. The van der Waals surface area contributed by atoms with Gasteiger partial charge in [0.2, 0.25) is 5.95 Å². The van der Waals surface area contributed by atoms with Crippen LogP contribution in [0.4, 0.5) is 11.6 Å². The first-order valence-electron chi connectivity index (χ1n) is 6.06. The average molecular weight is 304 g/mol. The molecule has 2 aromatic heterocycles. The molecule has 8 heteroatoms. The molecule has 106 valence electrons. The molecule has 3 aromatic rings. The van der Waals surface area contributed by atoms with Crippen molar-refractivity contribution < 1.29 is 9.90 Å². The lowest BCUT2D eigenvalue weighted by atomic mass is 10.3. The van der Waals surface area contributed by atoms with Gasteiger partial charge in [-0.2, -0.15) is 9.97 Å². The molecule has 0 saturated carbocycles. The molecule has 0 aliphatic carbocycles.